The van der Waals surface area contributed by atoms with E-state index in [1.807, 2.05) is 24.3 Å². The third-order valence-electron chi connectivity index (χ3n) is 5.62. The Morgan fingerprint density at radius 1 is 0.917 bits per heavy atom. The molecule has 0 unspecified atom stereocenters. The summed E-state index contributed by atoms with van der Waals surface area (Å²) in [6.45, 7) is 2.54. The molecule has 0 bridgehead atoms. The van der Waals surface area contributed by atoms with Gasteiger partial charge in [-0.05, 0) is 86.5 Å². The minimum absolute atomic E-state index is 0.461. The summed E-state index contributed by atoms with van der Waals surface area (Å²) in [5.74, 6) is 0.166. The van der Waals surface area contributed by atoms with Crippen LogP contribution in [0.2, 0.25) is 0 Å². The zero-order valence-electron chi connectivity index (χ0n) is 19.5. The number of hydrogen-bond donors (Lipinski definition) is 2. The van der Waals surface area contributed by atoms with Gasteiger partial charge in [0.1, 0.15) is 12.4 Å². The number of aryl methyl sites for hydroxylation is 1. The number of aliphatic hydroxyl groups is 1. The van der Waals surface area contributed by atoms with Crippen LogP contribution in [0.3, 0.4) is 0 Å². The minimum atomic E-state index is -1.88. The van der Waals surface area contributed by atoms with Crippen LogP contribution in [-0.4, -0.2) is 17.2 Å². The molecule has 0 aliphatic carbocycles. The van der Waals surface area contributed by atoms with E-state index in [4.69, 9.17) is 4.74 Å². The Kier molecular flexibility index (Phi) is 8.76. The van der Waals surface area contributed by atoms with Crippen LogP contribution in [0.4, 0.5) is 0 Å². The summed E-state index contributed by atoms with van der Waals surface area (Å²) in [6.07, 6.45) is 1.56. The molecule has 0 radical (unpaired) electrons. The molecule has 4 rings (SSSR count). The standard InChI is InChI=1S/C29H24I2N2O3/c1-20-12-14-21(15-13-20)19-36-27-25(30)16-22(17-26(27)31)18-32-33-28(34)29(35,23-8-4-2-5-9-23)24-10-6-3-7-11-24/h2-18,35H,19H2,1H3,(H,33,34)/b32-18+. The lowest BCUT2D eigenvalue weighted by atomic mass is 9.85. The highest BCUT2D eigenvalue weighted by molar-refractivity contribution is 14.1. The van der Waals surface area contributed by atoms with Gasteiger partial charge in [-0.15, -0.1) is 0 Å². The number of halogens is 2. The smallest absolute Gasteiger partial charge is 0.281 e. The van der Waals surface area contributed by atoms with Crippen molar-refractivity contribution in [1.29, 1.82) is 0 Å². The number of amides is 1. The van der Waals surface area contributed by atoms with Crippen molar-refractivity contribution in [2.24, 2.45) is 5.10 Å². The van der Waals surface area contributed by atoms with E-state index in [0.29, 0.717) is 17.7 Å². The van der Waals surface area contributed by atoms with Crippen molar-refractivity contribution in [3.05, 3.63) is 132 Å². The fourth-order valence-corrected chi connectivity index (χ4v) is 5.79. The molecule has 0 heterocycles. The maximum absolute atomic E-state index is 13.2. The van der Waals surface area contributed by atoms with Crippen molar-refractivity contribution in [2.75, 3.05) is 0 Å². The van der Waals surface area contributed by atoms with Crippen molar-refractivity contribution in [2.45, 2.75) is 19.1 Å². The molecule has 4 aromatic rings. The molecule has 0 saturated heterocycles. The van der Waals surface area contributed by atoms with Crippen LogP contribution in [0.25, 0.3) is 0 Å². The second-order valence-electron chi connectivity index (χ2n) is 8.23. The molecule has 0 atom stereocenters. The Labute approximate surface area is 237 Å². The molecule has 4 aromatic carbocycles. The maximum atomic E-state index is 13.2. The van der Waals surface area contributed by atoms with Crippen molar-refractivity contribution in [1.82, 2.24) is 5.43 Å². The highest BCUT2D eigenvalue weighted by Gasteiger charge is 2.39. The van der Waals surface area contributed by atoms with Gasteiger partial charge in [0.05, 0.1) is 13.4 Å². The average Bonchev–Trinajstić information content (AvgIpc) is 2.89. The van der Waals surface area contributed by atoms with E-state index < -0.39 is 11.5 Å². The minimum Gasteiger partial charge on any atom is -0.487 e. The molecular formula is C29H24I2N2O3. The Bertz CT molecular complexity index is 1300. The van der Waals surface area contributed by atoms with Gasteiger partial charge in [0.25, 0.3) is 5.91 Å². The normalized spacial score (nSPS) is 11.4. The lowest BCUT2D eigenvalue weighted by Crippen LogP contribution is -2.43. The van der Waals surface area contributed by atoms with Crippen LogP contribution in [0.5, 0.6) is 5.75 Å². The first-order chi connectivity index (χ1) is 17.4. The van der Waals surface area contributed by atoms with Gasteiger partial charge in [-0.3, -0.25) is 4.79 Å². The number of rotatable bonds is 8. The highest BCUT2D eigenvalue weighted by atomic mass is 127. The molecule has 1 amide bonds. The highest BCUT2D eigenvalue weighted by Crippen LogP contribution is 2.31. The van der Waals surface area contributed by atoms with Gasteiger partial charge in [0.2, 0.25) is 0 Å². The summed E-state index contributed by atoms with van der Waals surface area (Å²) in [4.78, 5) is 13.2. The lowest BCUT2D eigenvalue weighted by Gasteiger charge is -2.27. The maximum Gasteiger partial charge on any atom is 0.281 e. The van der Waals surface area contributed by atoms with Gasteiger partial charge in [-0.1, -0.05) is 90.5 Å². The number of hydrogen-bond acceptors (Lipinski definition) is 4. The predicted molar refractivity (Wildman–Crippen MR) is 159 cm³/mol. The number of carbonyl (C=O) groups is 1. The SMILES string of the molecule is Cc1ccc(COc2c(I)cc(/C=N/NC(=O)C(O)(c3ccccc3)c3ccccc3)cc2I)cc1. The molecule has 0 aromatic heterocycles. The fourth-order valence-electron chi connectivity index (χ4n) is 3.67. The van der Waals surface area contributed by atoms with Gasteiger partial charge in [-0.25, -0.2) is 5.43 Å². The molecule has 0 aliphatic rings. The fraction of sp³-hybridized carbons (Fsp3) is 0.103. The van der Waals surface area contributed by atoms with E-state index in [2.05, 4.69) is 86.9 Å². The van der Waals surface area contributed by atoms with Crippen LogP contribution in [0, 0.1) is 14.1 Å². The summed E-state index contributed by atoms with van der Waals surface area (Å²) in [5.41, 5.74) is 4.68. The quantitative estimate of drug-likeness (QED) is 0.131. The summed E-state index contributed by atoms with van der Waals surface area (Å²) >= 11 is 4.47. The van der Waals surface area contributed by atoms with E-state index in [1.165, 1.54) is 5.56 Å². The van der Waals surface area contributed by atoms with Crippen LogP contribution < -0.4 is 10.2 Å². The Morgan fingerprint density at radius 2 is 1.44 bits per heavy atom. The monoisotopic (exact) mass is 702 g/mol. The van der Waals surface area contributed by atoms with E-state index >= 15 is 0 Å². The second kappa shape index (κ2) is 12.0. The van der Waals surface area contributed by atoms with Crippen molar-refractivity contribution in [3.63, 3.8) is 0 Å². The molecule has 5 nitrogen and oxygen atoms in total. The first-order valence-corrected chi connectivity index (χ1v) is 13.4. The third-order valence-corrected chi connectivity index (χ3v) is 7.22. The van der Waals surface area contributed by atoms with Crippen molar-refractivity contribution >= 4 is 57.3 Å². The number of benzene rings is 4. The van der Waals surface area contributed by atoms with Gasteiger partial charge in [0, 0.05) is 0 Å². The summed E-state index contributed by atoms with van der Waals surface area (Å²) in [6, 6.07) is 29.8. The number of ether oxygens (including phenoxy) is 1. The summed E-state index contributed by atoms with van der Waals surface area (Å²) in [5, 5.41) is 15.6. The Hall–Kier alpha value is -2.76. The molecule has 0 aliphatic heterocycles. The van der Waals surface area contributed by atoms with Gasteiger partial charge in [-0.2, -0.15) is 5.10 Å². The topological polar surface area (TPSA) is 70.9 Å². The Morgan fingerprint density at radius 3 is 1.97 bits per heavy atom. The number of hydrazone groups is 1. The third kappa shape index (κ3) is 6.13. The zero-order valence-corrected chi connectivity index (χ0v) is 23.8. The van der Waals surface area contributed by atoms with Crippen molar-refractivity contribution < 1.29 is 14.6 Å². The second-order valence-corrected chi connectivity index (χ2v) is 10.6. The number of nitrogens with zero attached hydrogens (tertiary/aromatic N) is 1. The molecule has 0 fully saturated rings. The molecule has 0 saturated carbocycles. The van der Waals surface area contributed by atoms with Crippen molar-refractivity contribution in [3.8, 4) is 5.75 Å². The van der Waals surface area contributed by atoms with Gasteiger partial charge < -0.3 is 9.84 Å². The lowest BCUT2D eigenvalue weighted by molar-refractivity contribution is -0.136. The van der Waals surface area contributed by atoms with Crippen LogP contribution in [0.1, 0.15) is 27.8 Å². The van der Waals surface area contributed by atoms with Crippen LogP contribution in [0.15, 0.2) is 102 Å². The van der Waals surface area contributed by atoms with Crippen LogP contribution in [-0.2, 0) is 17.0 Å². The molecule has 7 heteroatoms. The number of carbonyl (C=O) groups excluding carboxylic acids is 1. The molecule has 2 N–H and O–H groups in total. The molecular weight excluding hydrogens is 678 g/mol. The van der Waals surface area contributed by atoms with Crippen LogP contribution >= 0.6 is 45.2 Å². The average molecular weight is 702 g/mol. The summed E-state index contributed by atoms with van der Waals surface area (Å²) in [7, 11) is 0. The van der Waals surface area contributed by atoms with E-state index in [9.17, 15) is 9.90 Å². The summed E-state index contributed by atoms with van der Waals surface area (Å²) < 4.78 is 7.94. The zero-order chi connectivity index (χ0) is 25.5. The number of nitrogens with one attached hydrogen (secondary N) is 1. The van der Waals surface area contributed by atoms with E-state index in [1.54, 1.807) is 54.7 Å². The molecule has 182 valence electrons. The molecule has 36 heavy (non-hydrogen) atoms. The van der Waals surface area contributed by atoms with Gasteiger partial charge in [0.15, 0.2) is 5.60 Å². The first kappa shape index (κ1) is 26.3. The largest absolute Gasteiger partial charge is 0.487 e. The first-order valence-electron chi connectivity index (χ1n) is 11.2. The van der Waals surface area contributed by atoms with E-state index in [-0.39, 0.29) is 0 Å². The molecule has 0 spiro atoms. The predicted octanol–water partition coefficient (Wildman–Crippen LogP) is 6.17. The van der Waals surface area contributed by atoms with E-state index in [0.717, 1.165) is 24.0 Å². The Balaban J connectivity index is 1.49. The van der Waals surface area contributed by atoms with Gasteiger partial charge >= 0.3 is 0 Å².